The highest BCUT2D eigenvalue weighted by Gasteiger charge is 2.10. The summed E-state index contributed by atoms with van der Waals surface area (Å²) in [7, 11) is 0. The van der Waals surface area contributed by atoms with Crippen molar-refractivity contribution in [3.63, 3.8) is 0 Å². The van der Waals surface area contributed by atoms with Crippen LogP contribution in [0.15, 0.2) is 42.5 Å². The van der Waals surface area contributed by atoms with Gasteiger partial charge in [0.2, 0.25) is 0 Å². The Morgan fingerprint density at radius 3 is 2.50 bits per heavy atom. The van der Waals surface area contributed by atoms with Crippen LogP contribution in [-0.2, 0) is 4.74 Å². The van der Waals surface area contributed by atoms with Crippen molar-refractivity contribution >= 4 is 23.3 Å². The normalized spacial score (nSPS) is 10.2. The summed E-state index contributed by atoms with van der Waals surface area (Å²) in [6.07, 6.45) is 0.672. The van der Waals surface area contributed by atoms with Crippen LogP contribution in [0.25, 0.3) is 0 Å². The lowest BCUT2D eigenvalue weighted by molar-refractivity contribution is 0.0526. The van der Waals surface area contributed by atoms with Gasteiger partial charge in [-0.25, -0.2) is 4.79 Å². The minimum Gasteiger partial charge on any atom is -0.493 e. The lowest BCUT2D eigenvalue weighted by Crippen LogP contribution is -2.08. The van der Waals surface area contributed by atoms with E-state index in [-0.39, 0.29) is 0 Å². The molecule has 128 valence electrons. The van der Waals surface area contributed by atoms with E-state index in [9.17, 15) is 4.79 Å². The monoisotopic (exact) mass is 349 g/mol. The fourth-order valence-electron chi connectivity index (χ4n) is 1.96. The minimum absolute atomic E-state index is 0.321. The Hall–Kier alpha value is -2.40. The molecule has 2 aromatic carbocycles. The molecule has 2 N–H and O–H groups in total. The van der Waals surface area contributed by atoms with Gasteiger partial charge in [0, 0.05) is 11.4 Å². The van der Waals surface area contributed by atoms with Crippen molar-refractivity contribution in [3.05, 3.63) is 53.1 Å². The van der Waals surface area contributed by atoms with Crippen LogP contribution in [0.2, 0.25) is 5.02 Å². The average molecular weight is 350 g/mol. The number of rotatable bonds is 8. The number of hydrogen-bond donors (Lipinski definition) is 1. The summed E-state index contributed by atoms with van der Waals surface area (Å²) in [5.41, 5.74) is 6.75. The molecule has 2 aromatic rings. The number of carbonyl (C=O) groups is 1. The number of ether oxygens (including phenoxy) is 3. The molecule has 0 bridgehead atoms. The van der Waals surface area contributed by atoms with Gasteiger partial charge in [0.25, 0.3) is 0 Å². The van der Waals surface area contributed by atoms with Crippen LogP contribution < -0.4 is 15.2 Å². The number of hydrogen-bond acceptors (Lipinski definition) is 5. The zero-order valence-corrected chi connectivity index (χ0v) is 14.2. The lowest BCUT2D eigenvalue weighted by Gasteiger charge is -2.11. The number of nitrogen functional groups attached to an aromatic ring is 1. The summed E-state index contributed by atoms with van der Waals surface area (Å²) in [5, 5.41) is 0.669. The van der Waals surface area contributed by atoms with Crippen molar-refractivity contribution in [2.75, 3.05) is 25.6 Å². The molecule has 0 aliphatic rings. The van der Waals surface area contributed by atoms with Crippen LogP contribution in [0.5, 0.6) is 11.5 Å². The predicted octanol–water partition coefficient (Wildman–Crippen LogP) is 3.95. The standard InChI is InChI=1S/C18H20ClNO4/c1-2-22-18(21)13-4-9-16(20)17(12-13)24-11-3-10-23-15-7-5-14(19)6-8-15/h4-9,12H,2-3,10-11,20H2,1H3. The van der Waals surface area contributed by atoms with Crippen LogP contribution in [-0.4, -0.2) is 25.8 Å². The summed E-state index contributed by atoms with van der Waals surface area (Å²) in [5.74, 6) is 0.823. The summed E-state index contributed by atoms with van der Waals surface area (Å²) >= 11 is 5.81. The predicted molar refractivity (Wildman–Crippen MR) is 93.9 cm³/mol. The van der Waals surface area contributed by atoms with Gasteiger partial charge in [-0.3, -0.25) is 0 Å². The zero-order valence-electron chi connectivity index (χ0n) is 13.5. The number of esters is 1. The van der Waals surface area contributed by atoms with Gasteiger partial charge >= 0.3 is 5.97 Å². The SMILES string of the molecule is CCOC(=O)c1ccc(N)c(OCCCOc2ccc(Cl)cc2)c1. The number of halogens is 1. The molecule has 0 unspecified atom stereocenters. The maximum atomic E-state index is 11.7. The molecule has 0 aliphatic heterocycles. The Labute approximate surface area is 146 Å². The van der Waals surface area contributed by atoms with Crippen LogP contribution in [0.3, 0.4) is 0 Å². The first-order valence-corrected chi connectivity index (χ1v) is 8.05. The Kier molecular flexibility index (Phi) is 6.75. The molecular weight excluding hydrogens is 330 g/mol. The molecule has 0 atom stereocenters. The van der Waals surface area contributed by atoms with E-state index in [0.717, 1.165) is 5.75 Å². The highest BCUT2D eigenvalue weighted by Crippen LogP contribution is 2.23. The second kappa shape index (κ2) is 9.03. The Morgan fingerprint density at radius 1 is 1.08 bits per heavy atom. The maximum absolute atomic E-state index is 11.7. The Morgan fingerprint density at radius 2 is 1.79 bits per heavy atom. The highest BCUT2D eigenvalue weighted by atomic mass is 35.5. The quantitative estimate of drug-likeness (QED) is 0.444. The van der Waals surface area contributed by atoms with Crippen molar-refractivity contribution < 1.29 is 19.0 Å². The molecule has 0 amide bonds. The van der Waals surface area contributed by atoms with Gasteiger partial charge in [0.05, 0.1) is 31.1 Å². The molecule has 5 nitrogen and oxygen atoms in total. The summed E-state index contributed by atoms with van der Waals surface area (Å²) in [6.45, 7) is 3.00. The highest BCUT2D eigenvalue weighted by molar-refractivity contribution is 6.30. The molecule has 0 heterocycles. The van der Waals surface area contributed by atoms with E-state index >= 15 is 0 Å². The van der Waals surface area contributed by atoms with Crippen molar-refractivity contribution in [2.24, 2.45) is 0 Å². The van der Waals surface area contributed by atoms with Crippen LogP contribution in [0, 0.1) is 0 Å². The molecule has 0 aromatic heterocycles. The van der Waals surface area contributed by atoms with Gasteiger partial charge in [0.1, 0.15) is 11.5 Å². The van der Waals surface area contributed by atoms with Gasteiger partial charge in [-0.2, -0.15) is 0 Å². The van der Waals surface area contributed by atoms with E-state index in [1.165, 1.54) is 0 Å². The largest absolute Gasteiger partial charge is 0.493 e. The molecule has 24 heavy (non-hydrogen) atoms. The topological polar surface area (TPSA) is 70.8 Å². The lowest BCUT2D eigenvalue weighted by atomic mass is 10.2. The number of anilines is 1. The van der Waals surface area contributed by atoms with Crippen LogP contribution >= 0.6 is 11.6 Å². The third kappa shape index (κ3) is 5.35. The second-order valence-electron chi connectivity index (χ2n) is 4.98. The van der Waals surface area contributed by atoms with E-state index in [4.69, 9.17) is 31.5 Å². The van der Waals surface area contributed by atoms with Crippen molar-refractivity contribution in [2.45, 2.75) is 13.3 Å². The van der Waals surface area contributed by atoms with E-state index in [1.807, 2.05) is 12.1 Å². The molecule has 0 fully saturated rings. The van der Waals surface area contributed by atoms with E-state index in [1.54, 1.807) is 37.3 Å². The van der Waals surface area contributed by atoms with E-state index < -0.39 is 5.97 Å². The third-order valence-electron chi connectivity index (χ3n) is 3.15. The molecule has 0 aliphatic carbocycles. The first kappa shape index (κ1) is 17.9. The first-order valence-electron chi connectivity index (χ1n) is 7.68. The Bertz CT molecular complexity index is 673. The number of benzene rings is 2. The van der Waals surface area contributed by atoms with E-state index in [2.05, 4.69) is 0 Å². The first-order chi connectivity index (χ1) is 11.6. The molecule has 0 saturated carbocycles. The molecule has 0 saturated heterocycles. The smallest absolute Gasteiger partial charge is 0.338 e. The maximum Gasteiger partial charge on any atom is 0.338 e. The molecule has 2 rings (SSSR count). The van der Waals surface area contributed by atoms with Crippen molar-refractivity contribution in [1.29, 1.82) is 0 Å². The summed E-state index contributed by atoms with van der Waals surface area (Å²) in [4.78, 5) is 11.7. The molecule has 6 heteroatoms. The zero-order chi connectivity index (χ0) is 17.4. The molecule has 0 radical (unpaired) electrons. The van der Waals surface area contributed by atoms with Gasteiger partial charge in [-0.05, 0) is 49.4 Å². The fraction of sp³-hybridized carbons (Fsp3) is 0.278. The fourth-order valence-corrected chi connectivity index (χ4v) is 2.09. The van der Waals surface area contributed by atoms with E-state index in [0.29, 0.717) is 48.3 Å². The van der Waals surface area contributed by atoms with Crippen LogP contribution in [0.1, 0.15) is 23.7 Å². The summed E-state index contributed by atoms with van der Waals surface area (Å²) < 4.78 is 16.2. The van der Waals surface area contributed by atoms with Gasteiger partial charge < -0.3 is 19.9 Å². The second-order valence-corrected chi connectivity index (χ2v) is 5.41. The van der Waals surface area contributed by atoms with Gasteiger partial charge in [0.15, 0.2) is 0 Å². The number of carbonyl (C=O) groups excluding carboxylic acids is 1. The van der Waals surface area contributed by atoms with Gasteiger partial charge in [-0.15, -0.1) is 0 Å². The third-order valence-corrected chi connectivity index (χ3v) is 3.41. The molecular formula is C18H20ClNO4. The average Bonchev–Trinajstić information content (AvgIpc) is 2.58. The van der Waals surface area contributed by atoms with Gasteiger partial charge in [-0.1, -0.05) is 11.6 Å². The summed E-state index contributed by atoms with van der Waals surface area (Å²) in [6, 6.07) is 12.0. The van der Waals surface area contributed by atoms with Crippen molar-refractivity contribution in [3.8, 4) is 11.5 Å². The minimum atomic E-state index is -0.395. The van der Waals surface area contributed by atoms with Crippen LogP contribution in [0.4, 0.5) is 5.69 Å². The Balaban J connectivity index is 1.80. The van der Waals surface area contributed by atoms with Crippen molar-refractivity contribution in [1.82, 2.24) is 0 Å². The molecule has 0 spiro atoms. The number of nitrogens with two attached hydrogens (primary N) is 1.